The number of nitriles is 1. The van der Waals surface area contributed by atoms with E-state index >= 15 is 4.39 Å². The van der Waals surface area contributed by atoms with Crippen LogP contribution in [0, 0.1) is 17.2 Å². The number of aliphatic hydroxyl groups is 1. The van der Waals surface area contributed by atoms with E-state index in [9.17, 15) is 9.65 Å². The van der Waals surface area contributed by atoms with Crippen LogP contribution < -0.4 is 11.1 Å². The largest absolute Gasteiger partial charge is 0.396 e. The second kappa shape index (κ2) is 19.1. The Balaban J connectivity index is 0.000000705. The van der Waals surface area contributed by atoms with E-state index in [2.05, 4.69) is 50.6 Å². The lowest BCUT2D eigenvalue weighted by Crippen LogP contribution is -2.46. The van der Waals surface area contributed by atoms with E-state index in [-0.39, 0.29) is 38.8 Å². The third kappa shape index (κ3) is 8.66. The summed E-state index contributed by atoms with van der Waals surface area (Å²) in [5, 5.41) is 21.3. The van der Waals surface area contributed by atoms with Gasteiger partial charge in [-0.25, -0.2) is 13.8 Å². The maximum atomic E-state index is 16.7. The normalized spacial score (nSPS) is 21.6. The molecule has 0 amide bonds. The van der Waals surface area contributed by atoms with Crippen molar-refractivity contribution in [3.05, 3.63) is 63.0 Å². The Morgan fingerprint density at radius 3 is 2.48 bits per heavy atom. The highest BCUT2D eigenvalue weighted by atomic mass is 32.1. The average molecular weight is 684 g/mol. The minimum Gasteiger partial charge on any atom is -0.396 e. The minimum absolute atomic E-state index is 0.108. The number of rotatable bonds is 10. The summed E-state index contributed by atoms with van der Waals surface area (Å²) in [4.78, 5) is 7.41. The number of aliphatic hydroxyl groups excluding tert-OH is 1. The van der Waals surface area contributed by atoms with Crippen LogP contribution in [-0.4, -0.2) is 54.4 Å². The van der Waals surface area contributed by atoms with Gasteiger partial charge in [0.05, 0.1) is 23.7 Å². The first-order chi connectivity index (χ1) is 23.1. The number of likely N-dealkylation sites (tertiary alicyclic amines) is 1. The molecule has 1 saturated heterocycles. The molecule has 1 aliphatic carbocycles. The van der Waals surface area contributed by atoms with Gasteiger partial charge in [0.2, 0.25) is 0 Å². The summed E-state index contributed by atoms with van der Waals surface area (Å²) in [7, 11) is 0. The van der Waals surface area contributed by atoms with Crippen LogP contribution in [0.4, 0.5) is 13.8 Å². The topological polar surface area (TPSA) is 107 Å². The molecule has 3 aliphatic heterocycles. The number of nitrogens with one attached hydrogen (secondary N) is 1. The molecule has 3 atom stereocenters. The van der Waals surface area contributed by atoms with E-state index in [0.29, 0.717) is 36.7 Å². The maximum absolute atomic E-state index is 16.7. The summed E-state index contributed by atoms with van der Waals surface area (Å²) < 4.78 is 37.3. The number of nitrogens with two attached hydrogens (primary N) is 1. The first-order valence-corrected chi connectivity index (χ1v) is 18.4. The number of anilines is 1. The van der Waals surface area contributed by atoms with E-state index < -0.39 is 17.7 Å². The number of hydrogen-bond donors (Lipinski definition) is 3. The van der Waals surface area contributed by atoms with Crippen molar-refractivity contribution in [2.24, 2.45) is 10.9 Å². The van der Waals surface area contributed by atoms with Crippen molar-refractivity contribution < 1.29 is 18.6 Å². The van der Waals surface area contributed by atoms with Crippen LogP contribution in [0.5, 0.6) is 0 Å². The lowest BCUT2D eigenvalue weighted by molar-refractivity contribution is 0.206. The third-order valence-corrected chi connectivity index (χ3v) is 10.3. The highest BCUT2D eigenvalue weighted by Crippen LogP contribution is 2.49. The molecule has 4 N–H and O–H groups in total. The molecule has 4 heterocycles. The van der Waals surface area contributed by atoms with Gasteiger partial charge in [0.15, 0.2) is 5.96 Å². The van der Waals surface area contributed by atoms with Crippen molar-refractivity contribution in [2.45, 2.75) is 111 Å². The van der Waals surface area contributed by atoms with Gasteiger partial charge in [0, 0.05) is 42.1 Å². The van der Waals surface area contributed by atoms with Crippen LogP contribution in [0.2, 0.25) is 0 Å². The lowest BCUT2D eigenvalue weighted by Gasteiger charge is -2.35. The van der Waals surface area contributed by atoms with Crippen LogP contribution in [-0.2, 0) is 4.74 Å². The van der Waals surface area contributed by atoms with E-state index in [1.807, 2.05) is 13.1 Å². The second-order valence-corrected chi connectivity index (χ2v) is 13.7. The van der Waals surface area contributed by atoms with Gasteiger partial charge < -0.3 is 25.8 Å². The number of aliphatic imine (C=N–C) groups is 1. The zero-order valence-electron chi connectivity index (χ0n) is 29.7. The van der Waals surface area contributed by atoms with E-state index in [4.69, 9.17) is 20.6 Å². The van der Waals surface area contributed by atoms with Gasteiger partial charge in [-0.1, -0.05) is 85.8 Å². The van der Waals surface area contributed by atoms with Gasteiger partial charge in [-0.3, -0.25) is 0 Å². The number of fused-ring (bicyclic) bond motifs is 2. The van der Waals surface area contributed by atoms with Gasteiger partial charge in [-0.15, -0.1) is 11.3 Å². The summed E-state index contributed by atoms with van der Waals surface area (Å²) >= 11 is 0.970. The van der Waals surface area contributed by atoms with Crippen molar-refractivity contribution in [3.63, 3.8) is 0 Å². The molecule has 5 rings (SSSR count). The number of nitrogen functional groups attached to an aromatic ring is 1. The molecule has 0 aromatic carbocycles. The molecule has 48 heavy (non-hydrogen) atoms. The fourth-order valence-electron chi connectivity index (χ4n) is 6.33. The Morgan fingerprint density at radius 2 is 1.88 bits per heavy atom. The van der Waals surface area contributed by atoms with E-state index in [1.54, 1.807) is 6.92 Å². The van der Waals surface area contributed by atoms with Crippen molar-refractivity contribution in [1.29, 1.82) is 5.26 Å². The highest BCUT2D eigenvalue weighted by Gasteiger charge is 2.42. The summed E-state index contributed by atoms with van der Waals surface area (Å²) in [5.41, 5.74) is 9.16. The minimum atomic E-state index is -0.864. The molecule has 0 saturated carbocycles. The molecule has 0 spiro atoms. The number of guanidine groups is 1. The maximum Gasteiger partial charge on any atom is 0.199 e. The first-order valence-electron chi connectivity index (χ1n) is 17.6. The summed E-state index contributed by atoms with van der Waals surface area (Å²) in [5.74, 6) is 0.218. The molecule has 1 fully saturated rings. The van der Waals surface area contributed by atoms with E-state index in [1.165, 1.54) is 44.6 Å². The van der Waals surface area contributed by atoms with Gasteiger partial charge in [0.1, 0.15) is 28.8 Å². The second-order valence-electron chi connectivity index (χ2n) is 12.6. The molecule has 10 heteroatoms. The monoisotopic (exact) mass is 683 g/mol. The SMILES string of the molecule is C=C(C1=C(F)C2N=C(N3CCC(C)C3CCCCCC)NC=C2C2=C1COC2)c1c(/C(F)=C\C)sc(N)c1C#N.CCCC.CCCO. The van der Waals surface area contributed by atoms with Gasteiger partial charge in [0.25, 0.3) is 0 Å². The predicted molar refractivity (Wildman–Crippen MR) is 197 cm³/mol. The van der Waals surface area contributed by atoms with Crippen LogP contribution in [0.3, 0.4) is 0 Å². The highest BCUT2D eigenvalue weighted by molar-refractivity contribution is 7.17. The zero-order valence-corrected chi connectivity index (χ0v) is 30.5. The number of ether oxygens (including phenoxy) is 1. The molecule has 4 aliphatic rings. The van der Waals surface area contributed by atoms with Crippen molar-refractivity contribution in [1.82, 2.24) is 10.2 Å². The summed E-state index contributed by atoms with van der Waals surface area (Å²) in [6.07, 6.45) is 13.7. The van der Waals surface area contributed by atoms with Gasteiger partial charge in [-0.2, -0.15) is 5.26 Å². The van der Waals surface area contributed by atoms with E-state index in [0.717, 1.165) is 48.3 Å². The number of nitrogens with zero attached hydrogens (tertiary/aromatic N) is 3. The molecule has 7 nitrogen and oxygen atoms in total. The smallest absolute Gasteiger partial charge is 0.199 e. The number of thiophene rings is 1. The molecular formula is C38H55F2N5O2S. The number of allylic oxidation sites excluding steroid dienone is 2. The number of halogens is 2. The molecule has 1 aromatic rings. The van der Waals surface area contributed by atoms with Crippen LogP contribution >= 0.6 is 11.3 Å². The molecule has 0 radical (unpaired) electrons. The lowest BCUT2D eigenvalue weighted by atomic mass is 9.80. The third-order valence-electron chi connectivity index (χ3n) is 9.24. The van der Waals surface area contributed by atoms with Crippen molar-refractivity contribution in [2.75, 3.05) is 32.1 Å². The Labute approximate surface area is 290 Å². The standard InChI is InChI=1S/C31H37F2N5OS.C4H10.C3H8O/c1-5-7-8-9-10-24-17(3)11-12-38(24)31-36-14-20-21-15-39-16-22(21)25(27(33)28(20)37-31)18(4)26-19(13-34)30(35)40-29(26)23(32)6-2;1-3-4-2;1-2-3-4/h6,14,17,24,28H,4-5,7-12,15-16,35H2,1-3H3,(H,36,37);3-4H2,1-2H3;4H,2-3H2,1H3/b23-6+;;. The molecule has 1 aromatic heterocycles. The molecule has 3 unspecified atom stereocenters. The quantitative estimate of drug-likeness (QED) is 0.212. The Kier molecular flexibility index (Phi) is 15.6. The fourth-order valence-corrected chi connectivity index (χ4v) is 7.35. The Bertz CT molecular complexity index is 1470. The van der Waals surface area contributed by atoms with Crippen LogP contribution in [0.25, 0.3) is 11.4 Å². The average Bonchev–Trinajstić information content (AvgIpc) is 3.83. The molecule has 0 bridgehead atoms. The van der Waals surface area contributed by atoms with Gasteiger partial charge in [-0.05, 0) is 48.8 Å². The summed E-state index contributed by atoms with van der Waals surface area (Å²) in [6.45, 7) is 18.3. The summed E-state index contributed by atoms with van der Waals surface area (Å²) in [6, 6.07) is 1.56. The van der Waals surface area contributed by atoms with Crippen LogP contribution in [0.15, 0.2) is 52.0 Å². The molecular weight excluding hydrogens is 629 g/mol. The number of hydrogen-bond acceptors (Lipinski definition) is 8. The van der Waals surface area contributed by atoms with Gasteiger partial charge >= 0.3 is 0 Å². The van der Waals surface area contributed by atoms with Crippen molar-refractivity contribution >= 4 is 33.7 Å². The van der Waals surface area contributed by atoms with Crippen molar-refractivity contribution in [3.8, 4) is 6.07 Å². The molecule has 264 valence electrons. The van der Waals surface area contributed by atoms with Crippen LogP contribution in [0.1, 0.15) is 115 Å². The number of unbranched alkanes of at least 4 members (excludes halogenated alkanes) is 4. The first kappa shape index (κ1) is 39.2. The Hall–Kier alpha value is -3.26. The predicted octanol–water partition coefficient (Wildman–Crippen LogP) is 9.20. The fraction of sp³-hybridized carbons (Fsp3) is 0.579. The Morgan fingerprint density at radius 1 is 1.19 bits per heavy atom. The zero-order chi connectivity index (χ0) is 35.4.